The van der Waals surface area contributed by atoms with Gasteiger partial charge in [-0.1, -0.05) is 12.1 Å². The molecular formula is C11H12FNO2. The number of aliphatic hydroxyl groups is 1. The number of amides is 1. The van der Waals surface area contributed by atoms with E-state index in [4.69, 9.17) is 5.11 Å². The SMILES string of the molecule is O=C(c1ccccc1F)N1CC(CO)C1. The van der Waals surface area contributed by atoms with Crippen molar-refractivity contribution in [1.29, 1.82) is 0 Å². The lowest BCUT2D eigenvalue weighted by Crippen LogP contribution is -2.51. The minimum atomic E-state index is -0.491. The van der Waals surface area contributed by atoms with E-state index >= 15 is 0 Å². The van der Waals surface area contributed by atoms with Crippen LogP contribution in [-0.2, 0) is 0 Å². The lowest BCUT2D eigenvalue weighted by Gasteiger charge is -2.38. The Balaban J connectivity index is 2.07. The minimum Gasteiger partial charge on any atom is -0.396 e. The summed E-state index contributed by atoms with van der Waals surface area (Å²) >= 11 is 0. The fourth-order valence-corrected chi connectivity index (χ4v) is 1.66. The topological polar surface area (TPSA) is 40.5 Å². The van der Waals surface area contributed by atoms with Crippen LogP contribution in [0.1, 0.15) is 10.4 Å². The maximum absolute atomic E-state index is 13.2. The second-order valence-corrected chi connectivity index (χ2v) is 3.74. The molecule has 1 heterocycles. The molecule has 0 aliphatic carbocycles. The predicted octanol–water partition coefficient (Wildman–Crippen LogP) is 0.890. The first-order valence-corrected chi connectivity index (χ1v) is 4.87. The zero-order valence-electron chi connectivity index (χ0n) is 8.19. The van der Waals surface area contributed by atoms with E-state index in [1.54, 1.807) is 17.0 Å². The van der Waals surface area contributed by atoms with Gasteiger partial charge in [-0.15, -0.1) is 0 Å². The van der Waals surface area contributed by atoms with E-state index in [0.717, 1.165) is 0 Å². The van der Waals surface area contributed by atoms with Crippen LogP contribution in [0.4, 0.5) is 4.39 Å². The lowest BCUT2D eigenvalue weighted by atomic mass is 10.00. The number of hydrogen-bond acceptors (Lipinski definition) is 2. The molecule has 1 aromatic rings. The van der Waals surface area contributed by atoms with E-state index in [1.165, 1.54) is 12.1 Å². The molecule has 1 aliphatic heterocycles. The molecule has 0 aromatic heterocycles. The Morgan fingerprint density at radius 3 is 2.73 bits per heavy atom. The molecule has 2 rings (SSSR count). The van der Waals surface area contributed by atoms with Crippen molar-refractivity contribution in [1.82, 2.24) is 4.90 Å². The Morgan fingerprint density at radius 1 is 1.47 bits per heavy atom. The molecule has 0 atom stereocenters. The highest BCUT2D eigenvalue weighted by atomic mass is 19.1. The number of carbonyl (C=O) groups excluding carboxylic acids is 1. The van der Waals surface area contributed by atoms with Gasteiger partial charge >= 0.3 is 0 Å². The van der Waals surface area contributed by atoms with Crippen LogP contribution >= 0.6 is 0 Å². The van der Waals surface area contributed by atoms with Crippen LogP contribution in [0.3, 0.4) is 0 Å². The van der Waals surface area contributed by atoms with Crippen molar-refractivity contribution in [2.24, 2.45) is 5.92 Å². The van der Waals surface area contributed by atoms with E-state index in [0.29, 0.717) is 13.1 Å². The summed E-state index contributed by atoms with van der Waals surface area (Å²) in [7, 11) is 0. The fraction of sp³-hybridized carbons (Fsp3) is 0.364. The van der Waals surface area contributed by atoms with Gasteiger partial charge in [-0.2, -0.15) is 0 Å². The van der Waals surface area contributed by atoms with Crippen LogP contribution in [-0.4, -0.2) is 35.6 Å². The van der Waals surface area contributed by atoms with Gasteiger partial charge in [0.25, 0.3) is 5.91 Å². The van der Waals surface area contributed by atoms with Gasteiger partial charge in [-0.05, 0) is 12.1 Å². The van der Waals surface area contributed by atoms with Crippen molar-refractivity contribution in [2.75, 3.05) is 19.7 Å². The van der Waals surface area contributed by atoms with E-state index in [1.807, 2.05) is 0 Å². The number of likely N-dealkylation sites (tertiary alicyclic amines) is 1. The van der Waals surface area contributed by atoms with Crippen molar-refractivity contribution in [2.45, 2.75) is 0 Å². The molecule has 0 unspecified atom stereocenters. The minimum absolute atomic E-state index is 0.0844. The zero-order chi connectivity index (χ0) is 10.8. The second kappa shape index (κ2) is 3.98. The van der Waals surface area contributed by atoms with Crippen molar-refractivity contribution in [3.8, 4) is 0 Å². The average molecular weight is 209 g/mol. The number of aliphatic hydroxyl groups excluding tert-OH is 1. The maximum Gasteiger partial charge on any atom is 0.256 e. The van der Waals surface area contributed by atoms with E-state index in [2.05, 4.69) is 0 Å². The van der Waals surface area contributed by atoms with Crippen LogP contribution < -0.4 is 0 Å². The van der Waals surface area contributed by atoms with Crippen LogP contribution in [0.15, 0.2) is 24.3 Å². The average Bonchev–Trinajstić information content (AvgIpc) is 2.16. The largest absolute Gasteiger partial charge is 0.396 e. The monoisotopic (exact) mass is 209 g/mol. The highest BCUT2D eigenvalue weighted by molar-refractivity contribution is 5.94. The summed E-state index contributed by atoms with van der Waals surface area (Å²) in [6, 6.07) is 5.94. The normalized spacial score (nSPS) is 16.3. The third-order valence-corrected chi connectivity index (χ3v) is 2.61. The van der Waals surface area contributed by atoms with Crippen LogP contribution in [0.25, 0.3) is 0 Å². The van der Waals surface area contributed by atoms with Crippen molar-refractivity contribution in [3.05, 3.63) is 35.6 Å². The third-order valence-electron chi connectivity index (χ3n) is 2.61. The first kappa shape index (κ1) is 10.1. The quantitative estimate of drug-likeness (QED) is 0.785. The molecule has 1 fully saturated rings. The number of halogens is 1. The van der Waals surface area contributed by atoms with Gasteiger partial charge in [0, 0.05) is 25.6 Å². The third kappa shape index (κ3) is 1.85. The lowest BCUT2D eigenvalue weighted by molar-refractivity contribution is 0.0358. The van der Waals surface area contributed by atoms with E-state index in [-0.39, 0.29) is 24.0 Å². The maximum atomic E-state index is 13.2. The smallest absolute Gasteiger partial charge is 0.256 e. The fourth-order valence-electron chi connectivity index (χ4n) is 1.66. The molecule has 1 N–H and O–H groups in total. The molecule has 80 valence electrons. The van der Waals surface area contributed by atoms with Gasteiger partial charge in [0.15, 0.2) is 0 Å². The molecule has 4 heteroatoms. The highest BCUT2D eigenvalue weighted by Gasteiger charge is 2.31. The molecule has 0 bridgehead atoms. The highest BCUT2D eigenvalue weighted by Crippen LogP contribution is 2.19. The number of benzene rings is 1. The summed E-state index contributed by atoms with van der Waals surface area (Å²) in [5.74, 6) is -0.631. The van der Waals surface area contributed by atoms with Gasteiger partial charge in [0.05, 0.1) is 5.56 Å². The Kier molecular flexibility index (Phi) is 2.68. The second-order valence-electron chi connectivity index (χ2n) is 3.74. The molecule has 0 spiro atoms. The molecular weight excluding hydrogens is 197 g/mol. The first-order chi connectivity index (χ1) is 7.22. The Bertz CT molecular complexity index is 375. The van der Waals surface area contributed by atoms with Gasteiger partial charge in [0.1, 0.15) is 5.82 Å². The predicted molar refractivity (Wildman–Crippen MR) is 52.9 cm³/mol. The van der Waals surface area contributed by atoms with Crippen LogP contribution in [0.5, 0.6) is 0 Å². The summed E-state index contributed by atoms with van der Waals surface area (Å²) in [5.41, 5.74) is 0.105. The summed E-state index contributed by atoms with van der Waals surface area (Å²) < 4.78 is 13.2. The molecule has 0 radical (unpaired) electrons. The standard InChI is InChI=1S/C11H12FNO2/c12-10-4-2-1-3-9(10)11(15)13-5-8(6-13)7-14/h1-4,8,14H,5-7H2. The summed E-state index contributed by atoms with van der Waals surface area (Å²) in [5, 5.41) is 8.80. The Morgan fingerprint density at radius 2 is 2.13 bits per heavy atom. The van der Waals surface area contributed by atoms with Gasteiger partial charge in [-0.25, -0.2) is 4.39 Å². The first-order valence-electron chi connectivity index (χ1n) is 4.87. The molecule has 1 aromatic carbocycles. The van der Waals surface area contributed by atoms with Crippen molar-refractivity contribution < 1.29 is 14.3 Å². The van der Waals surface area contributed by atoms with Gasteiger partial charge in [-0.3, -0.25) is 4.79 Å². The van der Waals surface area contributed by atoms with E-state index in [9.17, 15) is 9.18 Å². The number of hydrogen-bond donors (Lipinski definition) is 1. The van der Waals surface area contributed by atoms with Gasteiger partial charge in [0.2, 0.25) is 0 Å². The molecule has 0 saturated carbocycles. The molecule has 3 nitrogen and oxygen atoms in total. The van der Waals surface area contributed by atoms with Crippen LogP contribution in [0.2, 0.25) is 0 Å². The van der Waals surface area contributed by atoms with Crippen molar-refractivity contribution >= 4 is 5.91 Å². The van der Waals surface area contributed by atoms with Crippen LogP contribution in [0, 0.1) is 11.7 Å². The summed E-state index contributed by atoms with van der Waals surface area (Å²) in [4.78, 5) is 13.3. The zero-order valence-corrected chi connectivity index (χ0v) is 8.19. The Hall–Kier alpha value is -1.42. The number of carbonyl (C=O) groups is 1. The summed E-state index contributed by atoms with van der Waals surface area (Å²) in [6.45, 7) is 1.12. The van der Waals surface area contributed by atoms with Crippen molar-refractivity contribution in [3.63, 3.8) is 0 Å². The number of rotatable bonds is 2. The van der Waals surface area contributed by atoms with Gasteiger partial charge < -0.3 is 10.0 Å². The number of nitrogens with zero attached hydrogens (tertiary/aromatic N) is 1. The Labute approximate surface area is 87.1 Å². The molecule has 1 saturated heterocycles. The molecule has 1 aliphatic rings. The molecule has 15 heavy (non-hydrogen) atoms. The van der Waals surface area contributed by atoms with E-state index < -0.39 is 5.82 Å². The molecule has 1 amide bonds. The summed E-state index contributed by atoms with van der Waals surface area (Å²) in [6.07, 6.45) is 0.